The molecule has 0 atom stereocenters. The maximum Gasteiger partial charge on any atom is 0.271 e. The highest BCUT2D eigenvalue weighted by molar-refractivity contribution is 6.00. The van der Waals surface area contributed by atoms with Crippen molar-refractivity contribution in [1.29, 1.82) is 0 Å². The molecule has 0 fully saturated rings. The molecule has 0 unspecified atom stereocenters. The first-order valence-electron chi connectivity index (χ1n) is 3.61. The molecule has 1 aromatic rings. The van der Waals surface area contributed by atoms with Crippen LogP contribution in [0.5, 0.6) is 0 Å². The van der Waals surface area contributed by atoms with Gasteiger partial charge in [-0.3, -0.25) is 14.3 Å². The molecule has 2 amide bonds. The number of carbonyl (C=O) groups excluding carboxylic acids is 2. The molecule has 0 aliphatic rings. The van der Waals surface area contributed by atoms with Crippen LogP contribution < -0.4 is 11.1 Å². The summed E-state index contributed by atoms with van der Waals surface area (Å²) >= 11 is 0. The van der Waals surface area contributed by atoms with Crippen LogP contribution in [0.4, 0.5) is 5.69 Å². The van der Waals surface area contributed by atoms with Crippen LogP contribution in [0.2, 0.25) is 0 Å². The van der Waals surface area contributed by atoms with Crippen molar-refractivity contribution >= 4 is 17.5 Å². The normalized spacial score (nSPS) is 9.69. The highest BCUT2D eigenvalue weighted by Crippen LogP contribution is 2.11. The molecule has 13 heavy (non-hydrogen) atoms. The smallest absolute Gasteiger partial charge is 0.271 e. The van der Waals surface area contributed by atoms with Gasteiger partial charge in [-0.05, 0) is 0 Å². The fourth-order valence-corrected chi connectivity index (χ4v) is 0.952. The quantitative estimate of drug-likeness (QED) is 0.644. The molecule has 0 spiro atoms. The van der Waals surface area contributed by atoms with E-state index in [9.17, 15) is 9.59 Å². The second-order valence-electron chi connectivity index (χ2n) is 2.61. The van der Waals surface area contributed by atoms with Crippen molar-refractivity contribution < 1.29 is 9.59 Å². The van der Waals surface area contributed by atoms with E-state index in [0.717, 1.165) is 0 Å². The number of primary amides is 1. The summed E-state index contributed by atoms with van der Waals surface area (Å²) in [5.41, 5.74) is 5.44. The summed E-state index contributed by atoms with van der Waals surface area (Å²) in [5, 5.41) is 6.24. The third-order valence-corrected chi connectivity index (χ3v) is 1.37. The minimum Gasteiger partial charge on any atom is -0.364 e. The number of hydrogen-bond acceptors (Lipinski definition) is 3. The monoisotopic (exact) mass is 182 g/mol. The van der Waals surface area contributed by atoms with E-state index < -0.39 is 5.91 Å². The fourth-order valence-electron chi connectivity index (χ4n) is 0.952. The van der Waals surface area contributed by atoms with Gasteiger partial charge in [0.2, 0.25) is 5.91 Å². The van der Waals surface area contributed by atoms with Gasteiger partial charge in [-0.25, -0.2) is 0 Å². The lowest BCUT2D eigenvalue weighted by Gasteiger charge is -1.97. The standard InChI is InChI=1S/C7H10N4O2/c1-4(12)9-5-3-11(2)10-6(5)7(8)13/h3H,1-2H3,(H2,8,13)(H,9,12). The Bertz CT molecular complexity index is 355. The third-order valence-electron chi connectivity index (χ3n) is 1.37. The Morgan fingerprint density at radius 1 is 1.62 bits per heavy atom. The molecule has 3 N–H and O–H groups in total. The number of anilines is 1. The van der Waals surface area contributed by atoms with E-state index in [4.69, 9.17) is 5.73 Å². The van der Waals surface area contributed by atoms with Gasteiger partial charge in [0, 0.05) is 20.2 Å². The molecular formula is C7H10N4O2. The van der Waals surface area contributed by atoms with E-state index in [-0.39, 0.29) is 11.6 Å². The molecule has 0 saturated carbocycles. The fraction of sp³-hybridized carbons (Fsp3) is 0.286. The molecule has 0 aliphatic heterocycles. The summed E-state index contributed by atoms with van der Waals surface area (Å²) in [7, 11) is 1.64. The van der Waals surface area contributed by atoms with Crippen LogP contribution in [-0.4, -0.2) is 21.6 Å². The van der Waals surface area contributed by atoms with Crippen LogP contribution >= 0.6 is 0 Å². The molecule has 1 heterocycles. The van der Waals surface area contributed by atoms with Gasteiger partial charge in [0.15, 0.2) is 5.69 Å². The summed E-state index contributed by atoms with van der Waals surface area (Å²) < 4.78 is 1.41. The minimum absolute atomic E-state index is 0.0673. The van der Waals surface area contributed by atoms with Gasteiger partial charge in [0.1, 0.15) is 0 Å². The molecule has 1 rings (SSSR count). The van der Waals surface area contributed by atoms with Gasteiger partial charge in [-0.1, -0.05) is 0 Å². The van der Waals surface area contributed by atoms with Crippen molar-refractivity contribution in [1.82, 2.24) is 9.78 Å². The molecule has 0 aliphatic carbocycles. The number of rotatable bonds is 2. The van der Waals surface area contributed by atoms with Gasteiger partial charge in [0.25, 0.3) is 5.91 Å². The first-order valence-corrected chi connectivity index (χ1v) is 3.61. The largest absolute Gasteiger partial charge is 0.364 e. The minimum atomic E-state index is -0.663. The zero-order valence-electron chi connectivity index (χ0n) is 7.37. The van der Waals surface area contributed by atoms with Crippen molar-refractivity contribution in [2.45, 2.75) is 6.92 Å². The van der Waals surface area contributed by atoms with Crippen LogP contribution in [-0.2, 0) is 11.8 Å². The van der Waals surface area contributed by atoms with Gasteiger partial charge < -0.3 is 11.1 Å². The van der Waals surface area contributed by atoms with Crippen LogP contribution in [0.15, 0.2) is 6.20 Å². The molecule has 6 heteroatoms. The zero-order valence-corrected chi connectivity index (χ0v) is 7.37. The van der Waals surface area contributed by atoms with Crippen LogP contribution in [0.25, 0.3) is 0 Å². The summed E-state index contributed by atoms with van der Waals surface area (Å²) in [6.07, 6.45) is 1.52. The summed E-state index contributed by atoms with van der Waals surface area (Å²) in [6, 6.07) is 0. The number of aryl methyl sites for hydroxylation is 1. The third kappa shape index (κ3) is 2.05. The average Bonchev–Trinajstić information content (AvgIpc) is 2.29. The lowest BCUT2D eigenvalue weighted by Crippen LogP contribution is -2.16. The molecule has 0 aromatic carbocycles. The topological polar surface area (TPSA) is 90.0 Å². The van der Waals surface area contributed by atoms with Crippen molar-refractivity contribution in [2.75, 3.05) is 5.32 Å². The summed E-state index contributed by atoms with van der Waals surface area (Å²) in [4.78, 5) is 21.5. The molecule has 0 radical (unpaired) electrons. The molecule has 0 bridgehead atoms. The maximum absolute atomic E-state index is 10.8. The van der Waals surface area contributed by atoms with Gasteiger partial charge >= 0.3 is 0 Å². The predicted molar refractivity (Wildman–Crippen MR) is 46.0 cm³/mol. The maximum atomic E-state index is 10.8. The Morgan fingerprint density at radius 2 is 2.23 bits per heavy atom. The first kappa shape index (κ1) is 9.24. The van der Waals surface area contributed by atoms with E-state index >= 15 is 0 Å². The van der Waals surface area contributed by atoms with Gasteiger partial charge in [-0.2, -0.15) is 5.10 Å². The second kappa shape index (κ2) is 3.26. The van der Waals surface area contributed by atoms with Crippen LogP contribution in [0, 0.1) is 0 Å². The number of aromatic nitrogens is 2. The van der Waals surface area contributed by atoms with E-state index in [1.165, 1.54) is 17.8 Å². The Labute approximate surface area is 74.7 Å². The number of nitrogens with zero attached hydrogens (tertiary/aromatic N) is 2. The van der Waals surface area contributed by atoms with E-state index in [1.807, 2.05) is 0 Å². The van der Waals surface area contributed by atoms with E-state index in [1.54, 1.807) is 7.05 Å². The second-order valence-corrected chi connectivity index (χ2v) is 2.61. The van der Waals surface area contributed by atoms with Crippen molar-refractivity contribution in [3.63, 3.8) is 0 Å². The lowest BCUT2D eigenvalue weighted by molar-refractivity contribution is -0.114. The van der Waals surface area contributed by atoms with Crippen molar-refractivity contribution in [3.05, 3.63) is 11.9 Å². The van der Waals surface area contributed by atoms with Gasteiger partial charge in [-0.15, -0.1) is 0 Å². The Morgan fingerprint density at radius 3 is 2.69 bits per heavy atom. The lowest BCUT2D eigenvalue weighted by atomic mass is 10.3. The Kier molecular flexibility index (Phi) is 2.32. The summed E-state index contributed by atoms with van der Waals surface area (Å²) in [5.74, 6) is -0.931. The molecule has 1 aromatic heterocycles. The number of nitrogens with one attached hydrogen (secondary N) is 1. The molecular weight excluding hydrogens is 172 g/mol. The number of hydrogen-bond donors (Lipinski definition) is 2. The first-order chi connectivity index (χ1) is 6.00. The van der Waals surface area contributed by atoms with E-state index in [2.05, 4.69) is 10.4 Å². The highest BCUT2D eigenvalue weighted by atomic mass is 16.2. The van der Waals surface area contributed by atoms with Crippen molar-refractivity contribution in [3.8, 4) is 0 Å². The zero-order chi connectivity index (χ0) is 10.0. The SMILES string of the molecule is CC(=O)Nc1cn(C)nc1C(N)=O. The number of nitrogens with two attached hydrogens (primary N) is 1. The van der Waals surface area contributed by atoms with Gasteiger partial charge in [0.05, 0.1) is 5.69 Å². The number of carbonyl (C=O) groups is 2. The molecule has 70 valence electrons. The van der Waals surface area contributed by atoms with Crippen molar-refractivity contribution in [2.24, 2.45) is 12.8 Å². The predicted octanol–water partition coefficient (Wildman–Crippen LogP) is -0.523. The Hall–Kier alpha value is -1.85. The molecule has 6 nitrogen and oxygen atoms in total. The van der Waals surface area contributed by atoms with E-state index in [0.29, 0.717) is 5.69 Å². The highest BCUT2D eigenvalue weighted by Gasteiger charge is 2.13. The van der Waals surface area contributed by atoms with Crippen LogP contribution in [0.1, 0.15) is 17.4 Å². The average molecular weight is 182 g/mol. The summed E-state index contributed by atoms with van der Waals surface area (Å²) in [6.45, 7) is 1.35. The Balaban J connectivity index is 3.04. The number of amides is 2. The van der Waals surface area contributed by atoms with Crippen LogP contribution in [0.3, 0.4) is 0 Å². The molecule has 0 saturated heterocycles.